The van der Waals surface area contributed by atoms with Crippen molar-refractivity contribution < 1.29 is 4.74 Å². The molecule has 0 aliphatic carbocycles. The molecule has 68 valence electrons. The standard InChI is InChI=1S/C9H9ClN2O/c1-13-9-4-2-3-8(12-9)7(5-10)6-11/h2-4,7H,5H2,1H3. The second-order valence-corrected chi connectivity index (χ2v) is 2.75. The summed E-state index contributed by atoms with van der Waals surface area (Å²) in [5, 5.41) is 8.73. The number of nitriles is 1. The van der Waals surface area contributed by atoms with Gasteiger partial charge in [-0.1, -0.05) is 6.07 Å². The molecule has 0 saturated carbocycles. The van der Waals surface area contributed by atoms with Crippen molar-refractivity contribution in [2.24, 2.45) is 0 Å². The minimum atomic E-state index is -0.364. The minimum Gasteiger partial charge on any atom is -0.481 e. The normalized spacial score (nSPS) is 11.8. The van der Waals surface area contributed by atoms with Gasteiger partial charge in [-0.2, -0.15) is 5.26 Å². The predicted octanol–water partition coefficient (Wildman–Crippen LogP) is 1.94. The Morgan fingerprint density at radius 2 is 2.46 bits per heavy atom. The molecule has 13 heavy (non-hydrogen) atoms. The third-order valence-corrected chi connectivity index (χ3v) is 1.93. The first-order chi connectivity index (χ1) is 6.31. The van der Waals surface area contributed by atoms with Crippen molar-refractivity contribution in [3.63, 3.8) is 0 Å². The second kappa shape index (κ2) is 4.68. The number of nitrogens with zero attached hydrogens (tertiary/aromatic N) is 2. The van der Waals surface area contributed by atoms with E-state index >= 15 is 0 Å². The summed E-state index contributed by atoms with van der Waals surface area (Å²) in [6, 6.07) is 7.35. The summed E-state index contributed by atoms with van der Waals surface area (Å²) < 4.78 is 4.93. The van der Waals surface area contributed by atoms with Crippen molar-refractivity contribution in [2.45, 2.75) is 5.92 Å². The highest BCUT2D eigenvalue weighted by atomic mass is 35.5. The number of halogens is 1. The largest absolute Gasteiger partial charge is 0.481 e. The summed E-state index contributed by atoms with van der Waals surface area (Å²) in [4.78, 5) is 4.10. The molecule has 1 heterocycles. The molecule has 1 aromatic heterocycles. The van der Waals surface area contributed by atoms with Crippen molar-refractivity contribution in [1.82, 2.24) is 4.98 Å². The van der Waals surface area contributed by atoms with Crippen LogP contribution in [-0.4, -0.2) is 18.0 Å². The Morgan fingerprint density at radius 3 is 3.00 bits per heavy atom. The fourth-order valence-corrected chi connectivity index (χ4v) is 1.15. The van der Waals surface area contributed by atoms with Gasteiger partial charge in [0.05, 0.1) is 18.9 Å². The third-order valence-electron chi connectivity index (χ3n) is 1.62. The highest BCUT2D eigenvalue weighted by Crippen LogP contribution is 2.16. The van der Waals surface area contributed by atoms with E-state index in [1.807, 2.05) is 0 Å². The van der Waals surface area contributed by atoms with E-state index < -0.39 is 0 Å². The molecule has 0 radical (unpaired) electrons. The van der Waals surface area contributed by atoms with Gasteiger partial charge < -0.3 is 4.74 Å². The summed E-state index contributed by atoms with van der Waals surface area (Å²) in [6.07, 6.45) is 0. The van der Waals surface area contributed by atoms with Gasteiger partial charge in [-0.15, -0.1) is 11.6 Å². The molecule has 0 aliphatic rings. The molecule has 0 spiro atoms. The maximum Gasteiger partial charge on any atom is 0.213 e. The van der Waals surface area contributed by atoms with Crippen molar-refractivity contribution in [1.29, 1.82) is 5.26 Å². The molecule has 3 nitrogen and oxygen atoms in total. The molecule has 0 aliphatic heterocycles. The highest BCUT2D eigenvalue weighted by Gasteiger charge is 2.10. The first kappa shape index (κ1) is 9.82. The lowest BCUT2D eigenvalue weighted by molar-refractivity contribution is 0.396. The van der Waals surface area contributed by atoms with E-state index in [0.29, 0.717) is 11.6 Å². The van der Waals surface area contributed by atoms with E-state index in [2.05, 4.69) is 11.1 Å². The molecule has 0 aromatic carbocycles. The zero-order valence-corrected chi connectivity index (χ0v) is 7.95. The number of hydrogen-bond donors (Lipinski definition) is 0. The summed E-state index contributed by atoms with van der Waals surface area (Å²) >= 11 is 5.59. The fraction of sp³-hybridized carbons (Fsp3) is 0.333. The number of methoxy groups -OCH3 is 1. The molecule has 0 N–H and O–H groups in total. The van der Waals surface area contributed by atoms with Gasteiger partial charge in [0.25, 0.3) is 0 Å². The summed E-state index contributed by atoms with van der Waals surface area (Å²) in [5.74, 6) is 0.385. The highest BCUT2D eigenvalue weighted by molar-refractivity contribution is 6.18. The van der Waals surface area contributed by atoms with Crippen LogP contribution in [0.3, 0.4) is 0 Å². The number of pyridine rings is 1. The number of aromatic nitrogens is 1. The molecule has 4 heteroatoms. The molecular weight excluding hydrogens is 188 g/mol. The van der Waals surface area contributed by atoms with Gasteiger partial charge in [-0.3, -0.25) is 0 Å². The molecule has 1 unspecified atom stereocenters. The summed E-state index contributed by atoms with van der Waals surface area (Å²) in [5.41, 5.74) is 0.650. The Balaban J connectivity index is 2.94. The minimum absolute atomic E-state index is 0.247. The average molecular weight is 197 g/mol. The van der Waals surface area contributed by atoms with Crippen molar-refractivity contribution in [2.75, 3.05) is 13.0 Å². The summed E-state index contributed by atoms with van der Waals surface area (Å²) in [6.45, 7) is 0. The van der Waals surface area contributed by atoms with Crippen molar-refractivity contribution >= 4 is 11.6 Å². The zero-order valence-electron chi connectivity index (χ0n) is 7.20. The average Bonchev–Trinajstić information content (AvgIpc) is 2.20. The van der Waals surface area contributed by atoms with E-state index in [-0.39, 0.29) is 11.8 Å². The van der Waals surface area contributed by atoms with Crippen LogP contribution in [-0.2, 0) is 0 Å². The third kappa shape index (κ3) is 2.33. The lowest BCUT2D eigenvalue weighted by atomic mass is 10.1. The molecule has 1 rings (SSSR count). The maximum absolute atomic E-state index is 8.73. The number of alkyl halides is 1. The van der Waals surface area contributed by atoms with Gasteiger partial charge in [0, 0.05) is 11.9 Å². The van der Waals surface area contributed by atoms with Gasteiger partial charge >= 0.3 is 0 Å². The lowest BCUT2D eigenvalue weighted by Crippen LogP contribution is -2.01. The number of hydrogen-bond acceptors (Lipinski definition) is 3. The molecule has 0 bridgehead atoms. The Morgan fingerprint density at radius 1 is 1.69 bits per heavy atom. The van der Waals surface area contributed by atoms with Gasteiger partial charge in [0.2, 0.25) is 5.88 Å². The van der Waals surface area contributed by atoms with E-state index in [0.717, 1.165) is 0 Å². The maximum atomic E-state index is 8.73. The van der Waals surface area contributed by atoms with Crippen LogP contribution in [0.4, 0.5) is 0 Å². The molecule has 0 saturated heterocycles. The van der Waals surface area contributed by atoms with Crippen molar-refractivity contribution in [3.8, 4) is 11.9 Å². The van der Waals surface area contributed by atoms with Crippen LogP contribution in [0.2, 0.25) is 0 Å². The quantitative estimate of drug-likeness (QED) is 0.694. The molecular formula is C9H9ClN2O. The number of ether oxygens (including phenoxy) is 1. The SMILES string of the molecule is COc1cccc(C(C#N)CCl)n1. The van der Waals surface area contributed by atoms with Crippen molar-refractivity contribution in [3.05, 3.63) is 23.9 Å². The number of rotatable bonds is 3. The van der Waals surface area contributed by atoms with Crippen LogP contribution in [0.25, 0.3) is 0 Å². The van der Waals surface area contributed by atoms with E-state index in [1.54, 1.807) is 18.2 Å². The Labute approximate surface area is 81.9 Å². The Kier molecular flexibility index (Phi) is 3.53. The molecule has 1 atom stereocenters. The zero-order chi connectivity index (χ0) is 9.68. The van der Waals surface area contributed by atoms with Gasteiger partial charge in [-0.05, 0) is 6.07 Å². The first-order valence-electron chi connectivity index (χ1n) is 3.78. The van der Waals surface area contributed by atoms with Crippen LogP contribution in [0.5, 0.6) is 5.88 Å². The predicted molar refractivity (Wildman–Crippen MR) is 49.9 cm³/mol. The first-order valence-corrected chi connectivity index (χ1v) is 4.31. The van der Waals surface area contributed by atoms with E-state index in [9.17, 15) is 0 Å². The lowest BCUT2D eigenvalue weighted by Gasteiger charge is -2.05. The Bertz CT molecular complexity index is 322. The van der Waals surface area contributed by atoms with Crippen LogP contribution < -0.4 is 4.74 Å². The molecule has 0 amide bonds. The Hall–Kier alpha value is -1.27. The van der Waals surface area contributed by atoms with Crippen LogP contribution >= 0.6 is 11.6 Å². The van der Waals surface area contributed by atoms with E-state index in [1.165, 1.54) is 7.11 Å². The summed E-state index contributed by atoms with van der Waals surface area (Å²) in [7, 11) is 1.54. The van der Waals surface area contributed by atoms with E-state index in [4.69, 9.17) is 21.6 Å². The van der Waals surface area contributed by atoms with Gasteiger partial charge in [-0.25, -0.2) is 4.98 Å². The second-order valence-electron chi connectivity index (χ2n) is 2.44. The van der Waals surface area contributed by atoms with Crippen LogP contribution in [0, 0.1) is 11.3 Å². The van der Waals surface area contributed by atoms with Crippen LogP contribution in [0.15, 0.2) is 18.2 Å². The van der Waals surface area contributed by atoms with Crippen LogP contribution in [0.1, 0.15) is 11.6 Å². The molecule has 0 fully saturated rings. The monoisotopic (exact) mass is 196 g/mol. The fourth-order valence-electron chi connectivity index (χ4n) is 0.918. The molecule has 1 aromatic rings. The van der Waals surface area contributed by atoms with Gasteiger partial charge in [0.15, 0.2) is 0 Å². The topological polar surface area (TPSA) is 45.9 Å². The smallest absolute Gasteiger partial charge is 0.213 e. The van der Waals surface area contributed by atoms with Gasteiger partial charge in [0.1, 0.15) is 5.92 Å².